The number of nitrogens with one attached hydrogen (secondary N) is 1. The predicted octanol–water partition coefficient (Wildman–Crippen LogP) is 2.94. The molecule has 9 nitrogen and oxygen atoms in total. The third-order valence-electron chi connectivity index (χ3n) is 4.51. The molecule has 178 valence electrons. The highest BCUT2D eigenvalue weighted by Crippen LogP contribution is 2.31. The lowest BCUT2D eigenvalue weighted by atomic mass is 10.3. The monoisotopic (exact) mass is 486 g/mol. The highest BCUT2D eigenvalue weighted by molar-refractivity contribution is 7.92. The van der Waals surface area contributed by atoms with Crippen LogP contribution in [0.2, 0.25) is 0 Å². The SMILES string of the molecule is CCOc1ccc(NS(=O)(=O)c2ccc(OCCOC)cc2)cc1S(=O)(=O)N(CC)CC. The molecule has 0 saturated carbocycles. The number of nitrogens with zero attached hydrogens (tertiary/aromatic N) is 1. The van der Waals surface area contributed by atoms with Gasteiger partial charge < -0.3 is 14.2 Å². The third-order valence-corrected chi connectivity index (χ3v) is 7.98. The van der Waals surface area contributed by atoms with Crippen LogP contribution in [-0.2, 0) is 24.8 Å². The van der Waals surface area contributed by atoms with Crippen LogP contribution in [0.3, 0.4) is 0 Å². The number of ether oxygens (including phenoxy) is 3. The van der Waals surface area contributed by atoms with Gasteiger partial charge in [-0.15, -0.1) is 0 Å². The first-order chi connectivity index (χ1) is 15.2. The van der Waals surface area contributed by atoms with Crippen LogP contribution in [0.4, 0.5) is 5.69 Å². The van der Waals surface area contributed by atoms with Crippen LogP contribution < -0.4 is 14.2 Å². The van der Waals surface area contributed by atoms with Crippen molar-refractivity contribution in [1.29, 1.82) is 0 Å². The molecule has 0 bridgehead atoms. The standard InChI is InChI=1S/C21H30N2O7S2/c1-5-23(6-2)32(26,27)21-16-17(8-13-20(21)29-7-3)22-31(24,25)19-11-9-18(10-12-19)30-15-14-28-4/h8-13,16,22H,5-7,14-15H2,1-4H3. The summed E-state index contributed by atoms with van der Waals surface area (Å²) < 4.78 is 71.3. The zero-order chi connectivity index (χ0) is 23.8. The minimum absolute atomic E-state index is 0.0126. The van der Waals surface area contributed by atoms with Crippen LogP contribution in [-0.4, -0.2) is 61.2 Å². The minimum Gasteiger partial charge on any atom is -0.492 e. The number of methoxy groups -OCH3 is 1. The summed E-state index contributed by atoms with van der Waals surface area (Å²) >= 11 is 0. The van der Waals surface area contributed by atoms with Gasteiger partial charge in [0.25, 0.3) is 10.0 Å². The van der Waals surface area contributed by atoms with Crippen molar-refractivity contribution in [3.63, 3.8) is 0 Å². The van der Waals surface area contributed by atoms with E-state index >= 15 is 0 Å². The Kier molecular flexibility index (Phi) is 9.32. The fourth-order valence-corrected chi connectivity index (χ4v) is 5.59. The highest BCUT2D eigenvalue weighted by Gasteiger charge is 2.27. The number of rotatable bonds is 13. The van der Waals surface area contributed by atoms with Crippen molar-refractivity contribution in [3.05, 3.63) is 42.5 Å². The maximum Gasteiger partial charge on any atom is 0.261 e. The first-order valence-corrected chi connectivity index (χ1v) is 13.1. The normalized spacial score (nSPS) is 12.0. The van der Waals surface area contributed by atoms with Crippen molar-refractivity contribution in [1.82, 2.24) is 4.31 Å². The predicted molar refractivity (Wildman–Crippen MR) is 122 cm³/mol. The molecule has 0 aliphatic carbocycles. The molecule has 0 radical (unpaired) electrons. The molecule has 11 heteroatoms. The summed E-state index contributed by atoms with van der Waals surface area (Å²) in [5.41, 5.74) is 0.111. The lowest BCUT2D eigenvalue weighted by Crippen LogP contribution is -2.31. The molecule has 0 aromatic heterocycles. The highest BCUT2D eigenvalue weighted by atomic mass is 32.2. The molecule has 2 aromatic rings. The fourth-order valence-electron chi connectivity index (χ4n) is 2.92. The zero-order valence-corrected chi connectivity index (χ0v) is 20.3. The maximum atomic E-state index is 13.1. The summed E-state index contributed by atoms with van der Waals surface area (Å²) in [6.45, 7) is 6.79. The van der Waals surface area contributed by atoms with Gasteiger partial charge in [0.15, 0.2) is 0 Å². The number of hydrogen-bond donors (Lipinski definition) is 1. The average Bonchev–Trinajstić information content (AvgIpc) is 2.76. The Morgan fingerprint density at radius 2 is 1.53 bits per heavy atom. The number of sulfonamides is 2. The van der Waals surface area contributed by atoms with Gasteiger partial charge in [-0.25, -0.2) is 16.8 Å². The Labute approximate surface area is 190 Å². The molecule has 32 heavy (non-hydrogen) atoms. The third kappa shape index (κ3) is 6.35. The van der Waals surface area contributed by atoms with Crippen molar-refractivity contribution in [2.75, 3.05) is 44.7 Å². The maximum absolute atomic E-state index is 13.1. The smallest absolute Gasteiger partial charge is 0.261 e. The Morgan fingerprint density at radius 3 is 2.09 bits per heavy atom. The first-order valence-electron chi connectivity index (χ1n) is 10.2. The summed E-state index contributed by atoms with van der Waals surface area (Å²) in [5.74, 6) is 0.676. The molecule has 0 atom stereocenters. The van der Waals surface area contributed by atoms with E-state index in [1.54, 1.807) is 40.0 Å². The number of benzene rings is 2. The largest absolute Gasteiger partial charge is 0.492 e. The summed E-state index contributed by atoms with van der Waals surface area (Å²) in [5, 5.41) is 0. The van der Waals surface area contributed by atoms with Crippen LogP contribution in [0, 0.1) is 0 Å². The van der Waals surface area contributed by atoms with Gasteiger partial charge in [-0.3, -0.25) is 4.72 Å². The number of anilines is 1. The van der Waals surface area contributed by atoms with Gasteiger partial charge in [0.05, 0.1) is 23.8 Å². The van der Waals surface area contributed by atoms with E-state index in [9.17, 15) is 16.8 Å². The molecule has 2 rings (SSSR count). The van der Waals surface area contributed by atoms with E-state index in [0.29, 0.717) is 19.0 Å². The van der Waals surface area contributed by atoms with E-state index in [2.05, 4.69) is 4.72 Å². The van der Waals surface area contributed by atoms with Gasteiger partial charge in [-0.1, -0.05) is 13.8 Å². The molecule has 0 saturated heterocycles. The average molecular weight is 487 g/mol. The molecule has 0 heterocycles. The van der Waals surface area contributed by atoms with Crippen molar-refractivity contribution in [3.8, 4) is 11.5 Å². The van der Waals surface area contributed by atoms with Crippen molar-refractivity contribution in [2.45, 2.75) is 30.6 Å². The molecular formula is C21H30N2O7S2. The Hall–Kier alpha value is -2.34. The Balaban J connectivity index is 2.33. The molecule has 0 fully saturated rings. The van der Waals surface area contributed by atoms with Gasteiger partial charge in [0.1, 0.15) is 23.0 Å². The fraction of sp³-hybridized carbons (Fsp3) is 0.429. The Bertz CT molecular complexity index is 1080. The summed E-state index contributed by atoms with van der Waals surface area (Å²) in [6.07, 6.45) is 0. The second-order valence-corrected chi connectivity index (χ2v) is 10.2. The van der Waals surface area contributed by atoms with Crippen LogP contribution in [0.1, 0.15) is 20.8 Å². The molecule has 1 N–H and O–H groups in total. The van der Waals surface area contributed by atoms with Gasteiger partial charge in [-0.2, -0.15) is 4.31 Å². The lowest BCUT2D eigenvalue weighted by Gasteiger charge is -2.21. The van der Waals surface area contributed by atoms with E-state index in [1.165, 1.54) is 34.6 Å². The quantitative estimate of drug-likeness (QED) is 0.433. The van der Waals surface area contributed by atoms with E-state index in [0.717, 1.165) is 0 Å². The van der Waals surface area contributed by atoms with Crippen LogP contribution >= 0.6 is 0 Å². The summed E-state index contributed by atoms with van der Waals surface area (Å²) in [4.78, 5) is -0.0798. The molecular weight excluding hydrogens is 456 g/mol. The van der Waals surface area contributed by atoms with Crippen LogP contribution in [0.25, 0.3) is 0 Å². The van der Waals surface area contributed by atoms with Gasteiger partial charge in [0.2, 0.25) is 10.0 Å². The molecule has 0 aliphatic heterocycles. The summed E-state index contributed by atoms with van der Waals surface area (Å²) in [6, 6.07) is 10.1. The van der Waals surface area contributed by atoms with E-state index in [-0.39, 0.29) is 40.9 Å². The minimum atomic E-state index is -3.95. The first kappa shape index (κ1) is 25.9. The molecule has 0 unspecified atom stereocenters. The number of hydrogen-bond acceptors (Lipinski definition) is 7. The van der Waals surface area contributed by atoms with E-state index in [4.69, 9.17) is 14.2 Å². The summed E-state index contributed by atoms with van der Waals surface area (Å²) in [7, 11) is -6.26. The van der Waals surface area contributed by atoms with Crippen molar-refractivity contribution >= 4 is 25.7 Å². The second-order valence-electron chi connectivity index (χ2n) is 6.60. The van der Waals surface area contributed by atoms with E-state index in [1.807, 2.05) is 0 Å². The zero-order valence-electron chi connectivity index (χ0n) is 18.7. The molecule has 0 amide bonds. The van der Waals surface area contributed by atoms with Crippen molar-refractivity contribution < 1.29 is 31.0 Å². The molecule has 0 aliphatic rings. The van der Waals surface area contributed by atoms with Crippen molar-refractivity contribution in [2.24, 2.45) is 0 Å². The van der Waals surface area contributed by atoms with Gasteiger partial charge in [-0.05, 0) is 49.4 Å². The van der Waals surface area contributed by atoms with Crippen LogP contribution in [0.5, 0.6) is 11.5 Å². The van der Waals surface area contributed by atoms with Crippen LogP contribution in [0.15, 0.2) is 52.3 Å². The second kappa shape index (κ2) is 11.5. The van der Waals surface area contributed by atoms with Gasteiger partial charge in [0, 0.05) is 20.2 Å². The topological polar surface area (TPSA) is 111 Å². The lowest BCUT2D eigenvalue weighted by molar-refractivity contribution is 0.146. The molecule has 2 aromatic carbocycles. The Morgan fingerprint density at radius 1 is 0.875 bits per heavy atom. The van der Waals surface area contributed by atoms with Gasteiger partial charge >= 0.3 is 0 Å². The molecule has 0 spiro atoms. The van der Waals surface area contributed by atoms with E-state index < -0.39 is 20.0 Å².